The minimum Gasteiger partial charge on any atom is -0.451 e. The Morgan fingerprint density at radius 3 is 2.10 bits per heavy atom. The number of fused-ring (bicyclic) bond motifs is 1. The Labute approximate surface area is 168 Å². The summed E-state index contributed by atoms with van der Waals surface area (Å²) in [6, 6.07) is 11.3. The van der Waals surface area contributed by atoms with Crippen LogP contribution < -0.4 is 5.32 Å². The molecule has 0 aliphatic rings. The van der Waals surface area contributed by atoms with Gasteiger partial charge in [0.05, 0.1) is 28.0 Å². The van der Waals surface area contributed by atoms with E-state index in [1.807, 2.05) is 13.8 Å². The van der Waals surface area contributed by atoms with Gasteiger partial charge in [-0.3, -0.25) is 9.59 Å². The number of nitrogens with one attached hydrogen (secondary N) is 1. The zero-order valence-electron chi connectivity index (χ0n) is 16.6. The Morgan fingerprint density at radius 2 is 1.48 bits per heavy atom. The lowest BCUT2D eigenvalue weighted by atomic mass is 10.1. The summed E-state index contributed by atoms with van der Waals surface area (Å²) in [5.74, 6) is -1.14. The molecule has 0 saturated carbocycles. The second-order valence-corrected chi connectivity index (χ2v) is 6.77. The van der Waals surface area contributed by atoms with Gasteiger partial charge in [-0.1, -0.05) is 0 Å². The average molecular weight is 391 g/mol. The van der Waals surface area contributed by atoms with Crippen molar-refractivity contribution in [3.63, 3.8) is 0 Å². The van der Waals surface area contributed by atoms with Crippen molar-refractivity contribution in [2.75, 3.05) is 5.32 Å². The number of ether oxygens (including phenoxy) is 1. The van der Waals surface area contributed by atoms with Gasteiger partial charge in [0.1, 0.15) is 0 Å². The highest BCUT2D eigenvalue weighted by atomic mass is 16.5. The first kappa shape index (κ1) is 20.1. The summed E-state index contributed by atoms with van der Waals surface area (Å²) in [6.07, 6.45) is -0.962. The van der Waals surface area contributed by atoms with Gasteiger partial charge in [-0.15, -0.1) is 0 Å². The van der Waals surface area contributed by atoms with Crippen molar-refractivity contribution in [3.05, 3.63) is 65.0 Å². The molecule has 0 unspecified atom stereocenters. The molecule has 1 aromatic heterocycles. The molecule has 1 N–H and O–H groups in total. The number of aromatic nitrogens is 2. The van der Waals surface area contributed by atoms with Crippen molar-refractivity contribution in [1.29, 1.82) is 0 Å². The zero-order chi connectivity index (χ0) is 21.1. The predicted octanol–water partition coefficient (Wildman–Crippen LogP) is 3.63. The third-order valence-corrected chi connectivity index (χ3v) is 4.45. The molecule has 0 saturated heterocycles. The van der Waals surface area contributed by atoms with Gasteiger partial charge in [-0.25, -0.2) is 14.8 Å². The number of aryl methyl sites for hydroxylation is 2. The van der Waals surface area contributed by atoms with Gasteiger partial charge >= 0.3 is 5.97 Å². The van der Waals surface area contributed by atoms with Crippen LogP contribution in [0, 0.1) is 13.8 Å². The van der Waals surface area contributed by atoms with Crippen molar-refractivity contribution in [3.8, 4) is 0 Å². The normalized spacial score (nSPS) is 11.7. The van der Waals surface area contributed by atoms with Crippen LogP contribution in [-0.2, 0) is 9.53 Å². The van der Waals surface area contributed by atoms with Crippen molar-refractivity contribution in [2.24, 2.45) is 0 Å². The summed E-state index contributed by atoms with van der Waals surface area (Å²) in [7, 11) is 0. The SMILES string of the molecule is CC(=O)Nc1ccc(C(=O)[C@@H](C)OC(=O)c2ccc3nc(C)c(C)nc3c2)cc1. The Kier molecular flexibility index (Phi) is 5.68. The quantitative estimate of drug-likeness (QED) is 0.527. The Morgan fingerprint density at radius 1 is 0.897 bits per heavy atom. The molecule has 0 fully saturated rings. The zero-order valence-corrected chi connectivity index (χ0v) is 16.6. The third-order valence-electron chi connectivity index (χ3n) is 4.45. The monoisotopic (exact) mass is 391 g/mol. The fourth-order valence-electron chi connectivity index (χ4n) is 2.80. The number of esters is 1. The van der Waals surface area contributed by atoms with E-state index < -0.39 is 12.1 Å². The highest BCUT2D eigenvalue weighted by Crippen LogP contribution is 2.17. The van der Waals surface area contributed by atoms with E-state index in [1.165, 1.54) is 13.8 Å². The number of nitrogens with zero attached hydrogens (tertiary/aromatic N) is 2. The summed E-state index contributed by atoms with van der Waals surface area (Å²) in [5.41, 5.74) is 4.17. The van der Waals surface area contributed by atoms with Crippen LogP contribution in [0.1, 0.15) is 46.0 Å². The number of rotatable bonds is 5. The minimum atomic E-state index is -0.962. The van der Waals surface area contributed by atoms with Crippen LogP contribution in [-0.4, -0.2) is 33.7 Å². The van der Waals surface area contributed by atoms with Gasteiger partial charge in [-0.05, 0) is 63.2 Å². The van der Waals surface area contributed by atoms with Crippen molar-refractivity contribution < 1.29 is 19.1 Å². The summed E-state index contributed by atoms with van der Waals surface area (Å²) < 4.78 is 5.34. The minimum absolute atomic E-state index is 0.197. The van der Waals surface area contributed by atoms with E-state index in [-0.39, 0.29) is 11.7 Å². The molecule has 3 aromatic rings. The smallest absolute Gasteiger partial charge is 0.338 e. The lowest BCUT2D eigenvalue weighted by Crippen LogP contribution is -2.24. The van der Waals surface area contributed by atoms with Crippen LogP contribution in [0.5, 0.6) is 0 Å². The van der Waals surface area contributed by atoms with Crippen LogP contribution in [0.4, 0.5) is 5.69 Å². The topological polar surface area (TPSA) is 98.2 Å². The molecule has 0 radical (unpaired) electrons. The maximum absolute atomic E-state index is 12.6. The number of carbonyl (C=O) groups is 3. The van der Waals surface area contributed by atoms with Gasteiger partial charge in [0.25, 0.3) is 0 Å². The number of amides is 1. The van der Waals surface area contributed by atoms with E-state index >= 15 is 0 Å². The first-order valence-electron chi connectivity index (χ1n) is 9.12. The molecule has 0 bridgehead atoms. The number of benzene rings is 2. The van der Waals surface area contributed by atoms with Crippen LogP contribution in [0.3, 0.4) is 0 Å². The highest BCUT2D eigenvalue weighted by Gasteiger charge is 2.21. The van der Waals surface area contributed by atoms with E-state index in [1.54, 1.807) is 42.5 Å². The molecule has 3 rings (SSSR count). The van der Waals surface area contributed by atoms with Gasteiger partial charge in [-0.2, -0.15) is 0 Å². The van der Waals surface area contributed by atoms with Crippen molar-refractivity contribution >= 4 is 34.4 Å². The molecule has 1 amide bonds. The predicted molar refractivity (Wildman–Crippen MR) is 109 cm³/mol. The average Bonchev–Trinajstić information content (AvgIpc) is 2.68. The van der Waals surface area contributed by atoms with Crippen LogP contribution in [0.2, 0.25) is 0 Å². The summed E-state index contributed by atoms with van der Waals surface area (Å²) >= 11 is 0. The molecule has 148 valence electrons. The maximum Gasteiger partial charge on any atom is 0.338 e. The van der Waals surface area contributed by atoms with E-state index in [0.29, 0.717) is 27.8 Å². The van der Waals surface area contributed by atoms with Gasteiger partial charge in [0.15, 0.2) is 6.10 Å². The molecule has 7 heteroatoms. The lowest BCUT2D eigenvalue weighted by Gasteiger charge is -2.13. The van der Waals surface area contributed by atoms with Crippen molar-refractivity contribution in [1.82, 2.24) is 9.97 Å². The molecule has 29 heavy (non-hydrogen) atoms. The molecular formula is C22H21N3O4. The van der Waals surface area contributed by atoms with Gasteiger partial charge in [0, 0.05) is 18.2 Å². The number of hydrogen-bond acceptors (Lipinski definition) is 6. The third kappa shape index (κ3) is 4.63. The van der Waals surface area contributed by atoms with Crippen LogP contribution in [0.15, 0.2) is 42.5 Å². The molecule has 7 nitrogen and oxygen atoms in total. The first-order valence-corrected chi connectivity index (χ1v) is 9.12. The Balaban J connectivity index is 1.72. The first-order chi connectivity index (χ1) is 13.7. The van der Waals surface area contributed by atoms with Crippen molar-refractivity contribution in [2.45, 2.75) is 33.8 Å². The number of ketones is 1. The molecule has 1 atom stereocenters. The van der Waals surface area contributed by atoms with E-state index in [2.05, 4.69) is 15.3 Å². The Bertz CT molecular complexity index is 1110. The largest absolute Gasteiger partial charge is 0.451 e. The second kappa shape index (κ2) is 8.18. The summed E-state index contributed by atoms with van der Waals surface area (Å²) in [6.45, 7) is 6.66. The van der Waals surface area contributed by atoms with Crippen LogP contribution in [0.25, 0.3) is 11.0 Å². The van der Waals surface area contributed by atoms with Gasteiger partial charge in [0.2, 0.25) is 11.7 Å². The van der Waals surface area contributed by atoms with E-state index in [4.69, 9.17) is 4.74 Å². The molecular weight excluding hydrogens is 370 g/mol. The fourth-order valence-corrected chi connectivity index (χ4v) is 2.80. The summed E-state index contributed by atoms with van der Waals surface area (Å²) in [5, 5.41) is 2.63. The second-order valence-electron chi connectivity index (χ2n) is 6.77. The number of anilines is 1. The molecule has 0 aliphatic carbocycles. The summed E-state index contributed by atoms with van der Waals surface area (Å²) in [4.78, 5) is 45.0. The standard InChI is InChI=1S/C22H21N3O4/c1-12-13(2)24-20-11-17(7-10-19(20)23-12)22(28)29-14(3)21(27)16-5-8-18(9-6-16)25-15(4)26/h5-11,14H,1-4H3,(H,25,26)/t14-/m1/s1. The molecule has 2 aromatic carbocycles. The molecule has 0 aliphatic heterocycles. The Hall–Kier alpha value is -3.61. The fraction of sp³-hybridized carbons (Fsp3) is 0.227. The van der Waals surface area contributed by atoms with E-state index in [9.17, 15) is 14.4 Å². The molecule has 1 heterocycles. The number of hydrogen-bond donors (Lipinski definition) is 1. The number of Topliss-reactive ketones (excluding diaryl/α,β-unsaturated/α-hetero) is 1. The highest BCUT2D eigenvalue weighted by molar-refractivity contribution is 6.02. The maximum atomic E-state index is 12.6. The lowest BCUT2D eigenvalue weighted by molar-refractivity contribution is -0.114. The number of carbonyl (C=O) groups excluding carboxylic acids is 3. The van der Waals surface area contributed by atoms with Crippen LogP contribution >= 0.6 is 0 Å². The van der Waals surface area contributed by atoms with Gasteiger partial charge < -0.3 is 10.1 Å². The molecule has 0 spiro atoms. The van der Waals surface area contributed by atoms with E-state index in [0.717, 1.165) is 11.4 Å².